The lowest BCUT2D eigenvalue weighted by Gasteiger charge is -2.51. The summed E-state index contributed by atoms with van der Waals surface area (Å²) < 4.78 is 0. The molecule has 1 aromatic carbocycles. The molecule has 0 unspecified atom stereocenters. The molecule has 2 heteroatoms. The van der Waals surface area contributed by atoms with E-state index < -0.39 is 0 Å². The van der Waals surface area contributed by atoms with Crippen molar-refractivity contribution in [1.29, 1.82) is 0 Å². The zero-order valence-electron chi connectivity index (χ0n) is 16.5. The minimum atomic E-state index is 0.521. The van der Waals surface area contributed by atoms with E-state index in [-0.39, 0.29) is 0 Å². The Hall–Kier alpha value is -1.02. The summed E-state index contributed by atoms with van der Waals surface area (Å²) in [7, 11) is 4.47. The van der Waals surface area contributed by atoms with E-state index in [1.54, 1.807) is 5.56 Å². The normalized spacial score (nSPS) is 36.8. The van der Waals surface area contributed by atoms with Gasteiger partial charge in [0.1, 0.15) is 5.75 Å². The third-order valence-corrected chi connectivity index (χ3v) is 8.09. The van der Waals surface area contributed by atoms with Crippen LogP contribution in [0.1, 0.15) is 68.6 Å². The van der Waals surface area contributed by atoms with Crippen molar-refractivity contribution in [2.75, 3.05) is 20.6 Å². The molecule has 2 fully saturated rings. The fraction of sp³-hybridized carbons (Fsp3) is 0.739. The maximum Gasteiger partial charge on any atom is 0.119 e. The van der Waals surface area contributed by atoms with Crippen LogP contribution in [-0.4, -0.2) is 30.6 Å². The summed E-state index contributed by atoms with van der Waals surface area (Å²) in [5.41, 5.74) is 4.71. The fourth-order valence-corrected chi connectivity index (χ4v) is 6.79. The van der Waals surface area contributed by atoms with Gasteiger partial charge < -0.3 is 10.0 Å². The average molecular weight is 342 g/mol. The lowest BCUT2D eigenvalue weighted by Crippen LogP contribution is -2.44. The van der Waals surface area contributed by atoms with Crippen molar-refractivity contribution in [3.05, 3.63) is 28.8 Å². The smallest absolute Gasteiger partial charge is 0.119 e. The van der Waals surface area contributed by atoms with Gasteiger partial charge in [-0.3, -0.25) is 0 Å². The van der Waals surface area contributed by atoms with Gasteiger partial charge in [-0.05, 0) is 111 Å². The van der Waals surface area contributed by atoms with Gasteiger partial charge in [-0.2, -0.15) is 0 Å². The number of benzene rings is 1. The fourth-order valence-electron chi connectivity index (χ4n) is 6.79. The molecule has 0 aromatic heterocycles. The van der Waals surface area contributed by atoms with Crippen LogP contribution in [0.25, 0.3) is 0 Å². The van der Waals surface area contributed by atoms with E-state index >= 15 is 0 Å². The number of phenolic OH excluding ortho intramolecular Hbond substituents is 1. The quantitative estimate of drug-likeness (QED) is 0.837. The van der Waals surface area contributed by atoms with Crippen molar-refractivity contribution >= 4 is 0 Å². The lowest BCUT2D eigenvalue weighted by atomic mass is 9.54. The molecule has 4 rings (SSSR count). The minimum Gasteiger partial charge on any atom is -0.508 e. The highest BCUT2D eigenvalue weighted by Gasteiger charge is 2.54. The first-order valence-electron chi connectivity index (χ1n) is 10.4. The maximum atomic E-state index is 10.3. The highest BCUT2D eigenvalue weighted by molar-refractivity contribution is 5.45. The van der Waals surface area contributed by atoms with Crippen LogP contribution in [0.5, 0.6) is 5.75 Å². The van der Waals surface area contributed by atoms with Gasteiger partial charge in [0.15, 0.2) is 0 Å². The number of hydrogen-bond donors (Lipinski definition) is 1. The summed E-state index contributed by atoms with van der Waals surface area (Å²) in [6.07, 6.45) is 9.02. The molecule has 1 aromatic rings. The Labute approximate surface area is 153 Å². The largest absolute Gasteiger partial charge is 0.508 e. The Morgan fingerprint density at radius 1 is 1.16 bits per heavy atom. The summed E-state index contributed by atoms with van der Waals surface area (Å²) in [4.78, 5) is 2.40. The maximum absolute atomic E-state index is 10.3. The van der Waals surface area contributed by atoms with Crippen LogP contribution >= 0.6 is 0 Å². The number of fused-ring (bicyclic) bond motifs is 5. The summed E-state index contributed by atoms with van der Waals surface area (Å²) in [6.45, 7) is 6.02. The van der Waals surface area contributed by atoms with Gasteiger partial charge in [0.2, 0.25) is 0 Å². The van der Waals surface area contributed by atoms with Gasteiger partial charge in [0.25, 0.3) is 0 Å². The second-order valence-corrected chi connectivity index (χ2v) is 9.53. The first kappa shape index (κ1) is 17.4. The highest BCUT2D eigenvalue weighted by atomic mass is 16.3. The van der Waals surface area contributed by atoms with Crippen LogP contribution < -0.4 is 0 Å². The Bertz CT molecular complexity index is 652. The molecule has 5 atom stereocenters. The van der Waals surface area contributed by atoms with E-state index in [0.717, 1.165) is 35.7 Å². The number of rotatable bonds is 3. The first-order chi connectivity index (χ1) is 11.9. The van der Waals surface area contributed by atoms with E-state index in [2.05, 4.69) is 45.0 Å². The molecule has 0 amide bonds. The van der Waals surface area contributed by atoms with Crippen LogP contribution in [0.2, 0.25) is 0 Å². The van der Waals surface area contributed by atoms with Gasteiger partial charge >= 0.3 is 0 Å². The molecule has 25 heavy (non-hydrogen) atoms. The third kappa shape index (κ3) is 2.72. The summed E-state index contributed by atoms with van der Waals surface area (Å²) in [5.74, 6) is 3.91. The monoisotopic (exact) mass is 341 g/mol. The molecule has 0 spiro atoms. The molecule has 2 nitrogen and oxygen atoms in total. The van der Waals surface area contributed by atoms with Crippen molar-refractivity contribution < 1.29 is 5.11 Å². The highest BCUT2D eigenvalue weighted by Crippen LogP contribution is 2.63. The van der Waals surface area contributed by atoms with E-state index in [1.165, 1.54) is 50.6 Å². The predicted molar refractivity (Wildman–Crippen MR) is 104 cm³/mol. The SMILES string of the molecule is CCc1cc2c(cc1O)CC[C@@H]1[C@@H]2CC[C@]2(C)[C@@H](CN(C)C)CC[C@@H]12. The van der Waals surface area contributed by atoms with Crippen LogP contribution in [0.3, 0.4) is 0 Å². The molecule has 1 N–H and O–H groups in total. The molecule has 3 aliphatic carbocycles. The standard InChI is InChI=1S/C23H35NO/c1-5-15-12-20-16(13-22(15)25)6-8-19-18(20)10-11-23(2)17(14-24(3)4)7-9-21(19)23/h12-13,17-19,21,25H,5-11,14H2,1-4H3/t17-,18+,19-,21+,23-/m1/s1. The van der Waals surface area contributed by atoms with Crippen LogP contribution in [0, 0.1) is 23.2 Å². The Kier molecular flexibility index (Phi) is 4.38. The van der Waals surface area contributed by atoms with E-state index in [9.17, 15) is 5.11 Å². The van der Waals surface area contributed by atoms with Crippen molar-refractivity contribution in [3.8, 4) is 5.75 Å². The van der Waals surface area contributed by atoms with E-state index in [0.29, 0.717) is 11.2 Å². The number of phenols is 1. The van der Waals surface area contributed by atoms with Crippen LogP contribution in [-0.2, 0) is 12.8 Å². The van der Waals surface area contributed by atoms with Crippen molar-refractivity contribution in [1.82, 2.24) is 4.90 Å². The second-order valence-electron chi connectivity index (χ2n) is 9.53. The number of aryl methyl sites for hydroxylation is 2. The van der Waals surface area contributed by atoms with Gasteiger partial charge in [0, 0.05) is 6.54 Å². The van der Waals surface area contributed by atoms with Crippen molar-refractivity contribution in [2.45, 2.75) is 64.7 Å². The number of nitrogens with zero attached hydrogens (tertiary/aromatic N) is 1. The Balaban J connectivity index is 1.64. The second kappa shape index (κ2) is 6.30. The molecule has 0 heterocycles. The van der Waals surface area contributed by atoms with Gasteiger partial charge in [-0.25, -0.2) is 0 Å². The summed E-state index contributed by atoms with van der Waals surface area (Å²) >= 11 is 0. The molecule has 3 aliphatic rings. The van der Waals surface area contributed by atoms with Crippen LogP contribution in [0.4, 0.5) is 0 Å². The Morgan fingerprint density at radius 3 is 2.68 bits per heavy atom. The Morgan fingerprint density at radius 2 is 1.96 bits per heavy atom. The molecule has 138 valence electrons. The van der Waals surface area contributed by atoms with Gasteiger partial charge in [-0.1, -0.05) is 19.9 Å². The zero-order chi connectivity index (χ0) is 17.8. The van der Waals surface area contributed by atoms with Crippen LogP contribution in [0.15, 0.2) is 12.1 Å². The first-order valence-corrected chi connectivity index (χ1v) is 10.4. The molecule has 0 radical (unpaired) electrons. The number of hydrogen-bond acceptors (Lipinski definition) is 2. The van der Waals surface area contributed by atoms with Gasteiger partial charge in [0.05, 0.1) is 0 Å². The molecule has 2 saturated carbocycles. The number of aromatic hydroxyl groups is 1. The minimum absolute atomic E-state index is 0.521. The lowest BCUT2D eigenvalue weighted by molar-refractivity contribution is 0.0210. The topological polar surface area (TPSA) is 23.5 Å². The molecular weight excluding hydrogens is 306 g/mol. The average Bonchev–Trinajstić information content (AvgIpc) is 2.90. The zero-order valence-corrected chi connectivity index (χ0v) is 16.5. The van der Waals surface area contributed by atoms with E-state index in [1.807, 2.05) is 0 Å². The third-order valence-electron chi connectivity index (χ3n) is 8.09. The summed E-state index contributed by atoms with van der Waals surface area (Å²) in [6, 6.07) is 4.44. The summed E-state index contributed by atoms with van der Waals surface area (Å²) in [5, 5.41) is 10.3. The molecule has 0 aliphatic heterocycles. The predicted octanol–water partition coefficient (Wildman–Crippen LogP) is 4.99. The molecular formula is C23H35NO. The molecule has 0 saturated heterocycles. The van der Waals surface area contributed by atoms with Crippen molar-refractivity contribution in [3.63, 3.8) is 0 Å². The van der Waals surface area contributed by atoms with Gasteiger partial charge in [-0.15, -0.1) is 0 Å². The van der Waals surface area contributed by atoms with E-state index in [4.69, 9.17) is 0 Å². The van der Waals surface area contributed by atoms with Crippen molar-refractivity contribution in [2.24, 2.45) is 23.2 Å². The molecule has 0 bridgehead atoms.